The minimum absolute atomic E-state index is 0.0379. The number of aromatic nitrogens is 2. The Morgan fingerprint density at radius 2 is 2.00 bits per heavy atom. The lowest BCUT2D eigenvalue weighted by Gasteiger charge is -2.10. The fourth-order valence-electron chi connectivity index (χ4n) is 1.78. The van der Waals surface area contributed by atoms with Crippen LogP contribution in [0.1, 0.15) is 11.3 Å². The first-order valence-corrected chi connectivity index (χ1v) is 7.47. The van der Waals surface area contributed by atoms with Crippen molar-refractivity contribution in [2.45, 2.75) is 18.7 Å². The van der Waals surface area contributed by atoms with E-state index in [-0.39, 0.29) is 16.3 Å². The Hall–Kier alpha value is -2.42. The monoisotopic (exact) mass is 310 g/mol. The van der Waals surface area contributed by atoms with Gasteiger partial charge in [0.2, 0.25) is 0 Å². The fraction of sp³-hybridized carbons (Fsp3) is 0.250. The largest absolute Gasteiger partial charge is 0.279 e. The first kappa shape index (κ1) is 15.0. The van der Waals surface area contributed by atoms with Crippen LogP contribution in [0.25, 0.3) is 0 Å². The number of nitrogens with zero attached hydrogens (tertiary/aromatic N) is 3. The molecule has 0 radical (unpaired) electrons. The maximum absolute atomic E-state index is 12.3. The fourth-order valence-corrected chi connectivity index (χ4v) is 3.10. The van der Waals surface area contributed by atoms with Gasteiger partial charge in [-0.1, -0.05) is 6.07 Å². The van der Waals surface area contributed by atoms with Crippen molar-refractivity contribution >= 4 is 21.4 Å². The van der Waals surface area contributed by atoms with Gasteiger partial charge in [0, 0.05) is 19.2 Å². The molecule has 1 aromatic carbocycles. The van der Waals surface area contributed by atoms with Gasteiger partial charge in [-0.15, -0.1) is 0 Å². The van der Waals surface area contributed by atoms with E-state index in [1.54, 1.807) is 20.9 Å². The van der Waals surface area contributed by atoms with Crippen molar-refractivity contribution in [2.24, 2.45) is 7.05 Å². The van der Waals surface area contributed by atoms with Crippen LogP contribution in [0.5, 0.6) is 0 Å². The van der Waals surface area contributed by atoms with Crippen molar-refractivity contribution in [2.75, 3.05) is 4.72 Å². The molecule has 0 atom stereocenters. The molecule has 1 aromatic heterocycles. The number of hydrogen-bond acceptors (Lipinski definition) is 5. The Morgan fingerprint density at radius 1 is 1.33 bits per heavy atom. The molecule has 2 rings (SSSR count). The molecule has 112 valence electrons. The molecule has 0 aliphatic rings. The molecule has 1 N–H and O–H groups in total. The number of aryl methyl sites for hydroxylation is 2. The zero-order chi connectivity index (χ0) is 15.8. The molecule has 9 heteroatoms. The minimum Gasteiger partial charge on any atom is -0.279 e. The second-order valence-corrected chi connectivity index (χ2v) is 6.23. The number of rotatable bonds is 4. The molecule has 0 fully saturated rings. The van der Waals surface area contributed by atoms with Crippen LogP contribution in [-0.4, -0.2) is 23.1 Å². The molecule has 0 spiro atoms. The number of nitro benzene ring substituents is 1. The predicted octanol–water partition coefficient (Wildman–Crippen LogP) is 1.75. The smallest absolute Gasteiger partial charge is 0.271 e. The lowest BCUT2D eigenvalue weighted by molar-refractivity contribution is -0.384. The number of sulfonamides is 1. The van der Waals surface area contributed by atoms with E-state index in [4.69, 9.17) is 0 Å². The molecular weight excluding hydrogens is 296 g/mol. The van der Waals surface area contributed by atoms with Gasteiger partial charge in [-0.3, -0.25) is 19.5 Å². The molecule has 0 saturated heterocycles. The Labute approximate surface area is 121 Å². The second kappa shape index (κ2) is 5.17. The number of nitro groups is 1. The average Bonchev–Trinajstić information content (AvgIpc) is 2.73. The van der Waals surface area contributed by atoms with Gasteiger partial charge in [-0.25, -0.2) is 8.42 Å². The predicted molar refractivity (Wildman–Crippen MR) is 76.6 cm³/mol. The maximum Gasteiger partial charge on any atom is 0.271 e. The van der Waals surface area contributed by atoms with E-state index in [1.807, 2.05) is 0 Å². The number of non-ortho nitro benzene ring substituents is 1. The highest BCUT2D eigenvalue weighted by Gasteiger charge is 2.21. The topological polar surface area (TPSA) is 107 Å². The maximum atomic E-state index is 12.3. The van der Waals surface area contributed by atoms with E-state index in [1.165, 1.54) is 29.1 Å². The van der Waals surface area contributed by atoms with Crippen LogP contribution >= 0.6 is 0 Å². The average molecular weight is 310 g/mol. The molecule has 8 nitrogen and oxygen atoms in total. The SMILES string of the molecule is Cc1ccc([N+](=O)[O-])cc1NS(=O)(=O)c1cnn(C)c1C. The Bertz CT molecular complexity index is 811. The van der Waals surface area contributed by atoms with Crippen LogP contribution in [-0.2, 0) is 17.1 Å². The van der Waals surface area contributed by atoms with Crippen LogP contribution < -0.4 is 4.72 Å². The number of anilines is 1. The van der Waals surface area contributed by atoms with Crippen LogP contribution in [0.4, 0.5) is 11.4 Å². The Morgan fingerprint density at radius 3 is 2.52 bits per heavy atom. The molecular formula is C12H14N4O4S. The van der Waals surface area contributed by atoms with E-state index in [2.05, 4.69) is 9.82 Å². The van der Waals surface area contributed by atoms with Crippen molar-refractivity contribution in [3.05, 3.63) is 45.8 Å². The molecule has 0 unspecified atom stereocenters. The van der Waals surface area contributed by atoms with Crippen molar-refractivity contribution in [1.82, 2.24) is 9.78 Å². The van der Waals surface area contributed by atoms with Crippen LogP contribution in [0.2, 0.25) is 0 Å². The summed E-state index contributed by atoms with van der Waals surface area (Å²) < 4.78 is 28.5. The summed E-state index contributed by atoms with van der Waals surface area (Å²) >= 11 is 0. The second-order valence-electron chi connectivity index (χ2n) is 4.58. The van der Waals surface area contributed by atoms with Gasteiger partial charge in [0.1, 0.15) is 4.90 Å². The molecule has 1 heterocycles. The summed E-state index contributed by atoms with van der Waals surface area (Å²) in [4.78, 5) is 10.2. The van der Waals surface area contributed by atoms with Crippen LogP contribution in [0.3, 0.4) is 0 Å². The third-order valence-electron chi connectivity index (χ3n) is 3.16. The lowest BCUT2D eigenvalue weighted by Crippen LogP contribution is -2.14. The first-order valence-electron chi connectivity index (χ1n) is 5.99. The van der Waals surface area contributed by atoms with Gasteiger partial charge in [0.25, 0.3) is 15.7 Å². The van der Waals surface area contributed by atoms with Crippen LogP contribution in [0, 0.1) is 24.0 Å². The summed E-state index contributed by atoms with van der Waals surface area (Å²) in [6, 6.07) is 4.01. The van der Waals surface area contributed by atoms with Gasteiger partial charge in [0.15, 0.2) is 0 Å². The first-order chi connectivity index (χ1) is 9.72. The van der Waals surface area contributed by atoms with Crippen molar-refractivity contribution < 1.29 is 13.3 Å². The van der Waals surface area contributed by atoms with Crippen LogP contribution in [0.15, 0.2) is 29.3 Å². The molecule has 21 heavy (non-hydrogen) atoms. The molecule has 0 saturated carbocycles. The van der Waals surface area contributed by atoms with E-state index in [0.29, 0.717) is 11.3 Å². The van der Waals surface area contributed by atoms with E-state index in [9.17, 15) is 18.5 Å². The highest BCUT2D eigenvalue weighted by Crippen LogP contribution is 2.25. The zero-order valence-corrected chi connectivity index (χ0v) is 12.5. The van der Waals surface area contributed by atoms with Crippen molar-refractivity contribution in [1.29, 1.82) is 0 Å². The summed E-state index contributed by atoms with van der Waals surface area (Å²) in [7, 11) is -2.21. The van der Waals surface area contributed by atoms with Gasteiger partial charge in [-0.05, 0) is 19.4 Å². The molecule has 0 bridgehead atoms. The summed E-state index contributed by atoms with van der Waals surface area (Å²) in [6.07, 6.45) is 1.24. The van der Waals surface area contributed by atoms with Crippen molar-refractivity contribution in [3.63, 3.8) is 0 Å². The molecule has 0 amide bonds. The van der Waals surface area contributed by atoms with E-state index >= 15 is 0 Å². The summed E-state index contributed by atoms with van der Waals surface area (Å²) in [5.41, 5.74) is 1.06. The quantitative estimate of drug-likeness (QED) is 0.683. The summed E-state index contributed by atoms with van der Waals surface area (Å²) in [5.74, 6) is 0. The number of hydrogen-bond donors (Lipinski definition) is 1. The number of benzene rings is 1. The highest BCUT2D eigenvalue weighted by molar-refractivity contribution is 7.92. The number of nitrogens with one attached hydrogen (secondary N) is 1. The van der Waals surface area contributed by atoms with Gasteiger partial charge in [-0.2, -0.15) is 5.10 Å². The Kier molecular flexibility index (Phi) is 3.69. The molecule has 2 aromatic rings. The van der Waals surface area contributed by atoms with Gasteiger partial charge in [0.05, 0.1) is 22.5 Å². The minimum atomic E-state index is -3.84. The normalized spacial score (nSPS) is 11.4. The Balaban J connectivity index is 2.44. The van der Waals surface area contributed by atoms with E-state index in [0.717, 1.165) is 0 Å². The summed E-state index contributed by atoms with van der Waals surface area (Å²) in [6.45, 7) is 3.29. The third-order valence-corrected chi connectivity index (χ3v) is 4.62. The van der Waals surface area contributed by atoms with Gasteiger partial charge >= 0.3 is 0 Å². The molecule has 0 aliphatic carbocycles. The van der Waals surface area contributed by atoms with Crippen molar-refractivity contribution in [3.8, 4) is 0 Å². The zero-order valence-electron chi connectivity index (χ0n) is 11.7. The molecule has 0 aliphatic heterocycles. The van der Waals surface area contributed by atoms with E-state index < -0.39 is 14.9 Å². The lowest BCUT2D eigenvalue weighted by atomic mass is 10.2. The van der Waals surface area contributed by atoms with Gasteiger partial charge < -0.3 is 0 Å². The summed E-state index contributed by atoms with van der Waals surface area (Å²) in [5, 5.41) is 14.7. The standard InChI is InChI=1S/C12H14N4O4S/c1-8-4-5-10(16(17)18)6-11(8)14-21(19,20)12-7-13-15(3)9(12)2/h4-7,14H,1-3H3. The highest BCUT2D eigenvalue weighted by atomic mass is 32.2. The third kappa shape index (κ3) is 2.87.